The van der Waals surface area contributed by atoms with E-state index in [4.69, 9.17) is 4.74 Å². The summed E-state index contributed by atoms with van der Waals surface area (Å²) in [6, 6.07) is 14.5. The Balaban J connectivity index is 1.45. The molecule has 7 nitrogen and oxygen atoms in total. The summed E-state index contributed by atoms with van der Waals surface area (Å²) in [4.78, 5) is 24.3. The average molecular weight is 475 g/mol. The molecule has 1 heterocycles. The molecule has 0 radical (unpaired) electrons. The van der Waals surface area contributed by atoms with Gasteiger partial charge in [0.25, 0.3) is 5.91 Å². The zero-order chi connectivity index (χ0) is 20.6. The van der Waals surface area contributed by atoms with Crippen LogP contribution in [-0.4, -0.2) is 35.7 Å². The number of halogens is 1. The Labute approximate surface area is 180 Å². The Morgan fingerprint density at radius 3 is 2.69 bits per heavy atom. The third-order valence-electron chi connectivity index (χ3n) is 3.95. The van der Waals surface area contributed by atoms with Crippen molar-refractivity contribution < 1.29 is 14.3 Å². The van der Waals surface area contributed by atoms with Crippen LogP contribution in [0.2, 0.25) is 0 Å². The van der Waals surface area contributed by atoms with E-state index >= 15 is 0 Å². The molecule has 2 amide bonds. The third-order valence-corrected chi connectivity index (χ3v) is 5.37. The zero-order valence-corrected chi connectivity index (χ0v) is 18.0. The Kier molecular flexibility index (Phi) is 7.31. The Morgan fingerprint density at radius 1 is 1.14 bits per heavy atom. The second kappa shape index (κ2) is 10.1. The maximum absolute atomic E-state index is 12.2. The number of benzene rings is 2. The summed E-state index contributed by atoms with van der Waals surface area (Å²) >= 11 is 4.66. The highest BCUT2D eigenvalue weighted by atomic mass is 79.9. The lowest BCUT2D eigenvalue weighted by molar-refractivity contribution is -0.115. The second-order valence-electron chi connectivity index (χ2n) is 6.09. The molecule has 9 heteroatoms. The number of anilines is 1. The van der Waals surface area contributed by atoms with E-state index in [0.717, 1.165) is 15.0 Å². The zero-order valence-electron chi connectivity index (χ0n) is 15.6. The minimum absolute atomic E-state index is 0.152. The van der Waals surface area contributed by atoms with Crippen LogP contribution in [0.1, 0.15) is 20.9 Å². The van der Waals surface area contributed by atoms with E-state index in [-0.39, 0.29) is 18.2 Å². The largest absolute Gasteiger partial charge is 0.497 e. The van der Waals surface area contributed by atoms with Crippen molar-refractivity contribution in [1.29, 1.82) is 0 Å². The van der Waals surface area contributed by atoms with E-state index < -0.39 is 0 Å². The lowest BCUT2D eigenvalue weighted by Gasteiger charge is -2.05. The van der Waals surface area contributed by atoms with Gasteiger partial charge in [0.05, 0.1) is 13.5 Å². The predicted octanol–water partition coefficient (Wildman–Crippen LogP) is 3.46. The molecule has 0 aliphatic carbocycles. The van der Waals surface area contributed by atoms with Gasteiger partial charge in [-0.05, 0) is 35.9 Å². The van der Waals surface area contributed by atoms with Crippen molar-refractivity contribution in [3.8, 4) is 5.75 Å². The number of hydrogen-bond acceptors (Lipinski definition) is 6. The van der Waals surface area contributed by atoms with Crippen LogP contribution in [0.25, 0.3) is 0 Å². The quantitative estimate of drug-likeness (QED) is 0.521. The first-order valence-corrected chi connectivity index (χ1v) is 10.4. The first-order chi connectivity index (χ1) is 14.0. The van der Waals surface area contributed by atoms with Gasteiger partial charge in [0, 0.05) is 23.0 Å². The van der Waals surface area contributed by atoms with Crippen molar-refractivity contribution in [3.63, 3.8) is 0 Å². The number of hydrogen-bond donors (Lipinski definition) is 2. The summed E-state index contributed by atoms with van der Waals surface area (Å²) in [7, 11) is 1.56. The van der Waals surface area contributed by atoms with Crippen LogP contribution in [0, 0.1) is 0 Å². The summed E-state index contributed by atoms with van der Waals surface area (Å²) in [5.41, 5.74) is 1.44. The van der Waals surface area contributed by atoms with E-state index in [0.29, 0.717) is 29.4 Å². The van der Waals surface area contributed by atoms with Gasteiger partial charge in [-0.1, -0.05) is 45.5 Å². The Bertz CT molecular complexity index is 991. The van der Waals surface area contributed by atoms with Crippen LogP contribution >= 0.6 is 27.3 Å². The van der Waals surface area contributed by atoms with Crippen molar-refractivity contribution in [2.24, 2.45) is 0 Å². The van der Waals surface area contributed by atoms with Gasteiger partial charge >= 0.3 is 0 Å². The van der Waals surface area contributed by atoms with Crippen molar-refractivity contribution in [1.82, 2.24) is 15.5 Å². The lowest BCUT2D eigenvalue weighted by Crippen LogP contribution is -2.25. The minimum atomic E-state index is -0.184. The Morgan fingerprint density at radius 2 is 1.93 bits per heavy atom. The maximum atomic E-state index is 12.2. The van der Waals surface area contributed by atoms with Crippen molar-refractivity contribution >= 4 is 44.2 Å². The topological polar surface area (TPSA) is 93.2 Å². The van der Waals surface area contributed by atoms with E-state index in [2.05, 4.69) is 36.8 Å². The fourth-order valence-electron chi connectivity index (χ4n) is 2.51. The van der Waals surface area contributed by atoms with Crippen LogP contribution in [0.3, 0.4) is 0 Å². The maximum Gasteiger partial charge on any atom is 0.251 e. The molecule has 0 spiro atoms. The van der Waals surface area contributed by atoms with Gasteiger partial charge in [-0.2, -0.15) is 0 Å². The molecule has 0 fully saturated rings. The van der Waals surface area contributed by atoms with Crippen molar-refractivity contribution in [2.45, 2.75) is 12.8 Å². The molecular formula is C20H19BrN4O3S. The van der Waals surface area contributed by atoms with Gasteiger partial charge in [0.2, 0.25) is 11.0 Å². The molecule has 0 atom stereocenters. The first-order valence-electron chi connectivity index (χ1n) is 8.82. The highest BCUT2D eigenvalue weighted by Gasteiger charge is 2.10. The number of ether oxygens (including phenoxy) is 1. The number of methoxy groups -OCH3 is 1. The standard InChI is InChI=1S/C20H19BrN4O3S/c1-28-16-4-2-3-14(12-16)19(27)22-10-9-18-24-25-20(29-18)23-17(26)11-13-5-7-15(21)8-6-13/h2-8,12H,9-11H2,1H3,(H,22,27)(H,23,25,26). The van der Waals surface area contributed by atoms with Crippen molar-refractivity contribution in [2.75, 3.05) is 19.0 Å². The van der Waals surface area contributed by atoms with Gasteiger partial charge < -0.3 is 15.4 Å². The van der Waals surface area contributed by atoms with Crippen LogP contribution in [0.15, 0.2) is 53.0 Å². The number of rotatable bonds is 8. The summed E-state index contributed by atoms with van der Waals surface area (Å²) < 4.78 is 6.09. The minimum Gasteiger partial charge on any atom is -0.497 e. The molecule has 0 unspecified atom stereocenters. The molecule has 0 aliphatic heterocycles. The number of nitrogens with zero attached hydrogens (tertiary/aromatic N) is 2. The number of carbonyl (C=O) groups excluding carboxylic acids is 2. The SMILES string of the molecule is COc1cccc(C(=O)NCCc2nnc(NC(=O)Cc3ccc(Br)cc3)s2)c1. The summed E-state index contributed by atoms with van der Waals surface area (Å²) in [6.07, 6.45) is 0.786. The monoisotopic (exact) mass is 474 g/mol. The molecule has 2 aromatic carbocycles. The smallest absolute Gasteiger partial charge is 0.251 e. The number of amides is 2. The molecule has 0 bridgehead atoms. The first kappa shape index (κ1) is 20.9. The van der Waals surface area contributed by atoms with Crippen LogP contribution in [-0.2, 0) is 17.6 Å². The molecule has 150 valence electrons. The van der Waals surface area contributed by atoms with E-state index in [1.54, 1.807) is 31.4 Å². The number of aromatic nitrogens is 2. The molecule has 2 N–H and O–H groups in total. The molecule has 0 aliphatic rings. The van der Waals surface area contributed by atoms with E-state index in [9.17, 15) is 9.59 Å². The fourth-order valence-corrected chi connectivity index (χ4v) is 3.53. The van der Waals surface area contributed by atoms with E-state index in [1.807, 2.05) is 24.3 Å². The molecule has 3 aromatic rings. The van der Waals surface area contributed by atoms with Crippen LogP contribution < -0.4 is 15.4 Å². The number of carbonyl (C=O) groups is 2. The second-order valence-corrected chi connectivity index (χ2v) is 8.07. The highest BCUT2D eigenvalue weighted by molar-refractivity contribution is 9.10. The van der Waals surface area contributed by atoms with Gasteiger partial charge in [-0.25, -0.2) is 0 Å². The summed E-state index contributed by atoms with van der Waals surface area (Å²) in [5.74, 6) is 0.295. The summed E-state index contributed by atoms with van der Waals surface area (Å²) in [5, 5.41) is 14.8. The van der Waals surface area contributed by atoms with E-state index in [1.165, 1.54) is 11.3 Å². The molecule has 0 saturated heterocycles. The third kappa shape index (κ3) is 6.37. The van der Waals surface area contributed by atoms with Crippen LogP contribution in [0.5, 0.6) is 5.75 Å². The fraction of sp³-hybridized carbons (Fsp3) is 0.200. The van der Waals surface area contributed by atoms with Gasteiger partial charge in [-0.3, -0.25) is 9.59 Å². The Hall–Kier alpha value is -2.78. The van der Waals surface area contributed by atoms with Gasteiger partial charge in [0.1, 0.15) is 10.8 Å². The molecule has 29 heavy (non-hydrogen) atoms. The predicted molar refractivity (Wildman–Crippen MR) is 115 cm³/mol. The highest BCUT2D eigenvalue weighted by Crippen LogP contribution is 2.17. The summed E-state index contributed by atoms with van der Waals surface area (Å²) in [6.45, 7) is 0.414. The normalized spacial score (nSPS) is 10.4. The molecule has 1 aromatic heterocycles. The van der Waals surface area contributed by atoms with Gasteiger partial charge in [0.15, 0.2) is 0 Å². The van der Waals surface area contributed by atoms with Gasteiger partial charge in [-0.15, -0.1) is 10.2 Å². The average Bonchev–Trinajstić information content (AvgIpc) is 3.16. The lowest BCUT2D eigenvalue weighted by atomic mass is 10.1. The molecule has 3 rings (SSSR count). The van der Waals surface area contributed by atoms with Crippen molar-refractivity contribution in [3.05, 3.63) is 69.1 Å². The molecule has 0 saturated carbocycles. The number of nitrogens with one attached hydrogen (secondary N) is 2. The molecular weight excluding hydrogens is 456 g/mol. The van der Waals surface area contributed by atoms with Crippen LogP contribution in [0.4, 0.5) is 5.13 Å².